The number of ketones is 2. The molecule has 3 amide bonds. The third kappa shape index (κ3) is 14.6. The van der Waals surface area contributed by atoms with Gasteiger partial charge in [-0.3, -0.25) is 33.8 Å². The van der Waals surface area contributed by atoms with Gasteiger partial charge in [0, 0.05) is 24.8 Å². The first-order valence-corrected chi connectivity index (χ1v) is 18.9. The summed E-state index contributed by atoms with van der Waals surface area (Å²) in [6, 6.07) is 20.2. The van der Waals surface area contributed by atoms with Crippen LogP contribution in [-0.2, 0) is 46.5 Å². The number of nitrogens with two attached hydrogens (primary N) is 3. The van der Waals surface area contributed by atoms with Gasteiger partial charge in [-0.05, 0) is 59.4 Å². The first kappa shape index (κ1) is 43.8. The number of esters is 1. The lowest BCUT2D eigenvalue weighted by Gasteiger charge is -2.27. The Bertz CT molecular complexity index is 1810. The van der Waals surface area contributed by atoms with Gasteiger partial charge >= 0.3 is 5.97 Å². The van der Waals surface area contributed by atoms with E-state index in [1.807, 2.05) is 93.6 Å². The van der Waals surface area contributed by atoms with E-state index in [9.17, 15) is 28.8 Å². The highest BCUT2D eigenvalue weighted by atomic mass is 16.5. The van der Waals surface area contributed by atoms with Crippen molar-refractivity contribution in [3.8, 4) is 0 Å². The van der Waals surface area contributed by atoms with Gasteiger partial charge in [0.2, 0.25) is 17.6 Å². The van der Waals surface area contributed by atoms with Crippen molar-refractivity contribution in [3.63, 3.8) is 0 Å². The third-order valence-corrected chi connectivity index (χ3v) is 9.58. The second kappa shape index (κ2) is 21.9. The van der Waals surface area contributed by atoms with E-state index in [0.29, 0.717) is 12.8 Å². The van der Waals surface area contributed by atoms with Crippen LogP contribution in [0.25, 0.3) is 10.8 Å². The van der Waals surface area contributed by atoms with Gasteiger partial charge < -0.3 is 32.6 Å². The van der Waals surface area contributed by atoms with Crippen LogP contribution in [0.4, 0.5) is 0 Å². The fourth-order valence-corrected chi connectivity index (χ4v) is 6.32. The lowest BCUT2D eigenvalue weighted by atomic mass is 9.89. The smallest absolute Gasteiger partial charge is 0.306 e. The molecule has 0 fully saturated rings. The Morgan fingerprint density at radius 1 is 0.782 bits per heavy atom. The molecule has 3 aromatic carbocycles. The Morgan fingerprint density at radius 3 is 2.09 bits per heavy atom. The molecule has 13 nitrogen and oxygen atoms in total. The lowest BCUT2D eigenvalue weighted by molar-refractivity contribution is -0.149. The second-order valence-corrected chi connectivity index (χ2v) is 14.5. The Hall–Kier alpha value is -5.59. The number of hydrogen-bond donors (Lipinski definition) is 5. The summed E-state index contributed by atoms with van der Waals surface area (Å²) in [5, 5.41) is 7.30. The number of nitrogens with one attached hydrogen (secondary N) is 2. The molecule has 13 heteroatoms. The van der Waals surface area contributed by atoms with Crippen molar-refractivity contribution in [3.05, 3.63) is 83.9 Å². The molecule has 0 aliphatic rings. The monoisotopic (exact) mass is 756 g/mol. The molecule has 0 saturated carbocycles. The Labute approximate surface area is 323 Å². The number of Topliss-reactive ketones (excluding diaryl/α,β-unsaturated/α-hetero) is 2. The fraction of sp³-hybridized carbons (Fsp3) is 0.452. The zero-order chi connectivity index (χ0) is 40.5. The summed E-state index contributed by atoms with van der Waals surface area (Å²) in [4.78, 5) is 84.3. The summed E-state index contributed by atoms with van der Waals surface area (Å²) < 4.78 is 5.43. The number of nitrogens with zero attached hydrogens (tertiary/aromatic N) is 1. The highest BCUT2D eigenvalue weighted by molar-refractivity contribution is 6.39. The third-order valence-electron chi connectivity index (χ3n) is 9.58. The van der Waals surface area contributed by atoms with Crippen molar-refractivity contribution >= 4 is 52.0 Å². The molecule has 3 rings (SSSR count). The van der Waals surface area contributed by atoms with Crippen LogP contribution in [0.2, 0.25) is 0 Å². The highest BCUT2D eigenvalue weighted by Gasteiger charge is 2.36. The number of fused-ring (bicyclic) bond motifs is 1. The van der Waals surface area contributed by atoms with E-state index in [1.165, 1.54) is 0 Å². The van der Waals surface area contributed by atoms with Crippen LogP contribution in [0.5, 0.6) is 0 Å². The van der Waals surface area contributed by atoms with Crippen LogP contribution < -0.4 is 27.8 Å². The van der Waals surface area contributed by atoms with Gasteiger partial charge in [-0.1, -0.05) is 107 Å². The van der Waals surface area contributed by atoms with Crippen molar-refractivity contribution < 1.29 is 33.5 Å². The van der Waals surface area contributed by atoms with E-state index < -0.39 is 65.1 Å². The van der Waals surface area contributed by atoms with Crippen LogP contribution in [-0.4, -0.2) is 59.8 Å². The molecule has 0 radical (unpaired) electrons. The minimum atomic E-state index is -1.24. The summed E-state index contributed by atoms with van der Waals surface area (Å²) in [6.45, 7) is 7.58. The molecule has 0 saturated heterocycles. The molecule has 0 aromatic heterocycles. The molecule has 1 unspecified atom stereocenters. The molecular weight excluding hydrogens is 700 g/mol. The predicted molar refractivity (Wildman–Crippen MR) is 212 cm³/mol. The molecule has 0 bridgehead atoms. The number of aliphatic imine (C=N–C) groups is 1. The molecule has 0 aliphatic carbocycles. The maximum Gasteiger partial charge on any atom is 0.306 e. The van der Waals surface area contributed by atoms with Crippen molar-refractivity contribution in [2.75, 3.05) is 6.54 Å². The predicted octanol–water partition coefficient (Wildman–Crippen LogP) is 3.88. The van der Waals surface area contributed by atoms with Crippen LogP contribution in [0.15, 0.2) is 77.8 Å². The van der Waals surface area contributed by atoms with Crippen molar-refractivity contribution in [2.45, 2.75) is 91.3 Å². The van der Waals surface area contributed by atoms with Gasteiger partial charge in [0.15, 0.2) is 11.7 Å². The highest BCUT2D eigenvalue weighted by Crippen LogP contribution is 2.22. The van der Waals surface area contributed by atoms with Gasteiger partial charge in [0.1, 0.15) is 6.61 Å². The molecule has 0 spiro atoms. The molecule has 55 heavy (non-hydrogen) atoms. The number of carbonyl (C=O) groups is 6. The Kier molecular flexibility index (Phi) is 17.5. The van der Waals surface area contributed by atoms with Crippen molar-refractivity contribution in [1.82, 2.24) is 10.6 Å². The van der Waals surface area contributed by atoms with Crippen LogP contribution in [0.1, 0.15) is 77.3 Å². The number of amides is 3. The van der Waals surface area contributed by atoms with E-state index in [1.54, 1.807) is 6.92 Å². The summed E-state index contributed by atoms with van der Waals surface area (Å²) in [7, 11) is 0. The van der Waals surface area contributed by atoms with Gasteiger partial charge in [0.05, 0.1) is 18.5 Å². The number of ether oxygens (including phenoxy) is 1. The van der Waals surface area contributed by atoms with Gasteiger partial charge in [-0.2, -0.15) is 0 Å². The summed E-state index contributed by atoms with van der Waals surface area (Å²) in [5.41, 5.74) is 18.3. The molecule has 0 heterocycles. The minimum absolute atomic E-state index is 0.0370. The molecule has 0 aliphatic heterocycles. The maximum atomic E-state index is 13.8. The molecule has 3 aromatic rings. The number of primary amides is 1. The summed E-state index contributed by atoms with van der Waals surface area (Å²) >= 11 is 0. The zero-order valence-corrected chi connectivity index (χ0v) is 32.3. The van der Waals surface area contributed by atoms with E-state index in [-0.39, 0.29) is 57.1 Å². The Morgan fingerprint density at radius 2 is 1.45 bits per heavy atom. The molecule has 296 valence electrons. The van der Waals surface area contributed by atoms with Crippen LogP contribution in [0.3, 0.4) is 0 Å². The van der Waals surface area contributed by atoms with E-state index in [4.69, 9.17) is 21.9 Å². The standard InChI is InChI=1S/C42H56N6O7/c1-5-27(4)37(48-40(53)33(20-26(2)3)24-36(50)55-25-28-12-7-6-8-13-28)38(51)41(54)47-34(16-11-19-46-42(44)45)35(49)23-32(39(43)52)22-29-17-18-30-14-9-10-15-31(30)21-29/h6-10,12-15,17-18,21,26-27,32-34,37H,5,11,16,19-20,22-25H2,1-4H3,(H2,43,52)(H,47,54)(H,48,53)(H4,44,45,46)/t27-,32+,33+,34+,37?/m0/s1. The average molecular weight is 757 g/mol. The summed E-state index contributed by atoms with van der Waals surface area (Å²) in [6.07, 6.45) is 0.818. The lowest BCUT2D eigenvalue weighted by Crippen LogP contribution is -2.54. The number of carbonyl (C=O) groups excluding carboxylic acids is 6. The molecular formula is C42H56N6O7. The first-order chi connectivity index (χ1) is 26.2. The second-order valence-electron chi connectivity index (χ2n) is 14.5. The van der Waals surface area contributed by atoms with Crippen LogP contribution in [0, 0.1) is 23.7 Å². The van der Waals surface area contributed by atoms with Gasteiger partial charge in [-0.25, -0.2) is 0 Å². The van der Waals surface area contributed by atoms with E-state index >= 15 is 0 Å². The summed E-state index contributed by atoms with van der Waals surface area (Å²) in [5.74, 6) is -6.58. The van der Waals surface area contributed by atoms with Crippen LogP contribution >= 0.6 is 0 Å². The average Bonchev–Trinajstić information content (AvgIpc) is 3.15. The van der Waals surface area contributed by atoms with Crippen molar-refractivity contribution in [2.24, 2.45) is 45.9 Å². The fourth-order valence-electron chi connectivity index (χ4n) is 6.32. The largest absolute Gasteiger partial charge is 0.461 e. The zero-order valence-electron chi connectivity index (χ0n) is 32.3. The number of hydrogen-bond acceptors (Lipinski definition) is 8. The number of benzene rings is 3. The van der Waals surface area contributed by atoms with Gasteiger partial charge in [0.25, 0.3) is 5.91 Å². The normalized spacial score (nSPS) is 13.8. The number of rotatable bonds is 23. The first-order valence-electron chi connectivity index (χ1n) is 18.9. The quantitative estimate of drug-likeness (QED) is 0.0311. The topological polar surface area (TPSA) is 226 Å². The van der Waals surface area contributed by atoms with Gasteiger partial charge in [-0.15, -0.1) is 0 Å². The van der Waals surface area contributed by atoms with E-state index in [2.05, 4.69) is 15.6 Å². The molecule has 8 N–H and O–H groups in total. The van der Waals surface area contributed by atoms with E-state index in [0.717, 1.165) is 21.9 Å². The van der Waals surface area contributed by atoms with Crippen molar-refractivity contribution in [1.29, 1.82) is 0 Å². The Balaban J connectivity index is 1.76. The maximum absolute atomic E-state index is 13.8. The minimum Gasteiger partial charge on any atom is -0.461 e. The SMILES string of the molecule is CC[C@H](C)C(NC(=O)[C@@H](CC(=O)OCc1ccccc1)CC(C)C)C(=O)C(=O)N[C@H](CCCN=C(N)N)C(=O)C[C@@H](Cc1ccc2ccccc2c1)C(N)=O. The molecule has 5 atom stereocenters. The number of guanidine groups is 1.